The van der Waals surface area contributed by atoms with Crippen LogP contribution in [0.3, 0.4) is 0 Å². The molecule has 0 spiro atoms. The maximum absolute atomic E-state index is 12.6. The molecule has 22 heavy (non-hydrogen) atoms. The quantitative estimate of drug-likeness (QED) is 0.938. The van der Waals surface area contributed by atoms with E-state index in [1.807, 2.05) is 30.3 Å². The second-order valence-corrected chi connectivity index (χ2v) is 5.56. The van der Waals surface area contributed by atoms with Crippen molar-refractivity contribution in [2.75, 3.05) is 18.4 Å². The van der Waals surface area contributed by atoms with E-state index in [2.05, 4.69) is 5.32 Å². The number of anilines is 1. The molecule has 1 fully saturated rings. The van der Waals surface area contributed by atoms with Crippen molar-refractivity contribution in [2.45, 2.75) is 12.5 Å². The largest absolute Gasteiger partial charge is 0.380 e. The lowest BCUT2D eigenvalue weighted by atomic mass is 10.2. The van der Waals surface area contributed by atoms with Crippen molar-refractivity contribution in [1.82, 2.24) is 9.47 Å². The molecule has 5 nitrogen and oxygen atoms in total. The van der Waals surface area contributed by atoms with Gasteiger partial charge in [0, 0.05) is 37.9 Å². The Morgan fingerprint density at radius 3 is 2.68 bits per heavy atom. The summed E-state index contributed by atoms with van der Waals surface area (Å²) in [4.78, 5) is 26.0. The number of carbonyl (C=O) groups is 1. The van der Waals surface area contributed by atoms with Gasteiger partial charge < -0.3 is 14.8 Å². The second-order valence-electron chi connectivity index (χ2n) is 5.56. The van der Waals surface area contributed by atoms with Gasteiger partial charge in [0.2, 0.25) is 0 Å². The lowest BCUT2D eigenvalue weighted by Gasteiger charge is -2.19. The van der Waals surface area contributed by atoms with Crippen LogP contribution < -0.4 is 10.9 Å². The van der Waals surface area contributed by atoms with E-state index in [0.717, 1.165) is 12.1 Å². The summed E-state index contributed by atoms with van der Waals surface area (Å²) in [6, 6.07) is 15.0. The Morgan fingerprint density at radius 2 is 1.91 bits per heavy atom. The molecule has 0 radical (unpaired) electrons. The maximum atomic E-state index is 12.6. The number of hydrogen-bond acceptors (Lipinski definition) is 3. The minimum atomic E-state index is -0.163. The normalized spacial score (nSPS) is 17.5. The Labute approximate surface area is 129 Å². The van der Waals surface area contributed by atoms with Gasteiger partial charge in [0.05, 0.1) is 0 Å². The Balaban J connectivity index is 1.68. The van der Waals surface area contributed by atoms with Gasteiger partial charge in [-0.2, -0.15) is 0 Å². The van der Waals surface area contributed by atoms with Crippen LogP contribution in [-0.4, -0.2) is 34.5 Å². The van der Waals surface area contributed by atoms with Crippen molar-refractivity contribution in [2.24, 2.45) is 7.05 Å². The van der Waals surface area contributed by atoms with E-state index < -0.39 is 0 Å². The predicted octanol–water partition coefficient (Wildman–Crippen LogP) is 1.71. The molecule has 0 saturated carbocycles. The highest BCUT2D eigenvalue weighted by Crippen LogP contribution is 2.17. The average Bonchev–Trinajstić information content (AvgIpc) is 2.99. The van der Waals surface area contributed by atoms with E-state index in [1.54, 1.807) is 24.1 Å². The molecular weight excluding hydrogens is 278 g/mol. The number of hydrogen-bond donors (Lipinski definition) is 1. The number of rotatable bonds is 3. The smallest absolute Gasteiger partial charge is 0.270 e. The van der Waals surface area contributed by atoms with E-state index in [4.69, 9.17) is 0 Å². The number of carbonyl (C=O) groups excluding carboxylic acids is 1. The van der Waals surface area contributed by atoms with Gasteiger partial charge in [0.15, 0.2) is 0 Å². The third-order valence-electron chi connectivity index (χ3n) is 4.02. The Kier molecular flexibility index (Phi) is 3.96. The molecule has 1 amide bonds. The molecule has 1 unspecified atom stereocenters. The van der Waals surface area contributed by atoms with Crippen molar-refractivity contribution < 1.29 is 4.79 Å². The summed E-state index contributed by atoms with van der Waals surface area (Å²) in [6.07, 6.45) is 0.904. The molecule has 1 atom stereocenters. The summed E-state index contributed by atoms with van der Waals surface area (Å²) in [6.45, 7) is 1.35. The van der Waals surface area contributed by atoms with Gasteiger partial charge in [0.25, 0.3) is 11.5 Å². The van der Waals surface area contributed by atoms with Gasteiger partial charge in [-0.15, -0.1) is 0 Å². The highest BCUT2D eigenvalue weighted by molar-refractivity contribution is 5.92. The molecule has 1 aliphatic heterocycles. The molecule has 1 aromatic carbocycles. The molecule has 3 rings (SSSR count). The van der Waals surface area contributed by atoms with Crippen LogP contribution >= 0.6 is 0 Å². The molecule has 114 valence electrons. The van der Waals surface area contributed by atoms with Crippen LogP contribution in [0.25, 0.3) is 0 Å². The molecule has 5 heteroatoms. The third-order valence-corrected chi connectivity index (χ3v) is 4.02. The highest BCUT2D eigenvalue weighted by atomic mass is 16.2. The van der Waals surface area contributed by atoms with Gasteiger partial charge >= 0.3 is 0 Å². The van der Waals surface area contributed by atoms with Crippen LogP contribution in [-0.2, 0) is 7.05 Å². The number of aromatic nitrogens is 1. The molecule has 0 bridgehead atoms. The number of likely N-dealkylation sites (tertiary alicyclic amines) is 1. The minimum Gasteiger partial charge on any atom is -0.380 e. The van der Waals surface area contributed by atoms with Crippen LogP contribution in [0, 0.1) is 0 Å². The van der Waals surface area contributed by atoms with Crippen LogP contribution in [0.15, 0.2) is 53.3 Å². The Bertz CT molecular complexity index is 724. The number of nitrogens with zero attached hydrogens (tertiary/aromatic N) is 2. The van der Waals surface area contributed by atoms with E-state index >= 15 is 0 Å². The highest BCUT2D eigenvalue weighted by Gasteiger charge is 2.27. The zero-order valence-corrected chi connectivity index (χ0v) is 12.5. The first kappa shape index (κ1) is 14.4. The van der Waals surface area contributed by atoms with Gasteiger partial charge in [-0.1, -0.05) is 24.3 Å². The third kappa shape index (κ3) is 2.88. The first-order valence-electron chi connectivity index (χ1n) is 7.42. The van der Waals surface area contributed by atoms with Crippen LogP contribution in [0.2, 0.25) is 0 Å². The monoisotopic (exact) mass is 297 g/mol. The summed E-state index contributed by atoms with van der Waals surface area (Å²) >= 11 is 0. The van der Waals surface area contributed by atoms with Gasteiger partial charge in [-0.25, -0.2) is 0 Å². The standard InChI is InChI=1S/C17H19N3O2/c1-19-15(8-5-9-16(19)21)17(22)20-11-10-14(12-20)18-13-6-3-2-4-7-13/h2-9,14,18H,10-12H2,1H3. The average molecular weight is 297 g/mol. The van der Waals surface area contributed by atoms with Gasteiger partial charge in [-0.3, -0.25) is 9.59 Å². The fourth-order valence-electron chi connectivity index (χ4n) is 2.77. The van der Waals surface area contributed by atoms with Crippen molar-refractivity contribution in [3.8, 4) is 0 Å². The maximum Gasteiger partial charge on any atom is 0.270 e. The van der Waals surface area contributed by atoms with Crippen molar-refractivity contribution >= 4 is 11.6 Å². The molecule has 1 N–H and O–H groups in total. The first-order valence-corrected chi connectivity index (χ1v) is 7.42. The van der Waals surface area contributed by atoms with Gasteiger partial charge in [0.1, 0.15) is 5.69 Å². The second kappa shape index (κ2) is 6.05. The van der Waals surface area contributed by atoms with E-state index in [1.165, 1.54) is 10.6 Å². The number of benzene rings is 1. The van der Waals surface area contributed by atoms with Crippen LogP contribution in [0.1, 0.15) is 16.9 Å². The molecule has 1 saturated heterocycles. The van der Waals surface area contributed by atoms with Crippen molar-refractivity contribution in [3.05, 3.63) is 64.6 Å². The minimum absolute atomic E-state index is 0.0856. The van der Waals surface area contributed by atoms with E-state index in [0.29, 0.717) is 18.8 Å². The van der Waals surface area contributed by atoms with Crippen molar-refractivity contribution in [1.29, 1.82) is 0 Å². The zero-order valence-electron chi connectivity index (χ0n) is 12.5. The topological polar surface area (TPSA) is 54.3 Å². The fraction of sp³-hybridized carbons (Fsp3) is 0.294. The molecule has 0 aliphatic carbocycles. The summed E-state index contributed by atoms with van der Waals surface area (Å²) in [7, 11) is 1.63. The number of para-hydroxylation sites is 1. The van der Waals surface area contributed by atoms with Crippen molar-refractivity contribution in [3.63, 3.8) is 0 Å². The van der Waals surface area contributed by atoms with Gasteiger partial charge in [-0.05, 0) is 24.6 Å². The Morgan fingerprint density at radius 1 is 1.14 bits per heavy atom. The fourth-order valence-corrected chi connectivity index (χ4v) is 2.77. The molecule has 2 heterocycles. The van der Waals surface area contributed by atoms with Crippen LogP contribution in [0.4, 0.5) is 5.69 Å². The Hall–Kier alpha value is -2.56. The summed E-state index contributed by atoms with van der Waals surface area (Å²) in [5.74, 6) is -0.0856. The number of nitrogens with one attached hydrogen (secondary N) is 1. The SMILES string of the molecule is Cn1c(C(=O)N2CCC(Nc3ccccc3)C2)cccc1=O. The zero-order chi connectivity index (χ0) is 15.5. The summed E-state index contributed by atoms with van der Waals surface area (Å²) in [5.41, 5.74) is 1.34. The summed E-state index contributed by atoms with van der Waals surface area (Å²) < 4.78 is 1.40. The lowest BCUT2D eigenvalue weighted by Crippen LogP contribution is -2.35. The van der Waals surface area contributed by atoms with E-state index in [9.17, 15) is 9.59 Å². The number of pyridine rings is 1. The summed E-state index contributed by atoms with van der Waals surface area (Å²) in [5, 5.41) is 3.44. The molecule has 2 aromatic rings. The van der Waals surface area contributed by atoms with E-state index in [-0.39, 0.29) is 17.5 Å². The number of amides is 1. The lowest BCUT2D eigenvalue weighted by molar-refractivity contribution is 0.0780. The molecule has 1 aromatic heterocycles. The predicted molar refractivity (Wildman–Crippen MR) is 86.1 cm³/mol. The first-order chi connectivity index (χ1) is 10.6. The molecule has 1 aliphatic rings. The molecular formula is C17H19N3O2. The van der Waals surface area contributed by atoms with Crippen LogP contribution in [0.5, 0.6) is 0 Å².